The molecular formula is C23H25N11O. The summed E-state index contributed by atoms with van der Waals surface area (Å²) in [5.41, 5.74) is 4.52. The maximum atomic E-state index is 13.5. The number of tetrazole rings is 2. The monoisotopic (exact) mass is 471 g/mol. The standard InChI is InChI=1S/C23H25N11O/c1-4-5-19-14-33(22-27-30-31-34(22)15(2)3)23(35)32(19)13-18-12-24-11-10-20(18)16-6-8-17(9-7-16)21-25-28-29-26-21/h6-12,14-15H,4-5,13H2,1-3H3,(H,25,26,28,29). The highest BCUT2D eigenvalue weighted by molar-refractivity contribution is 5.69. The molecule has 0 spiro atoms. The highest BCUT2D eigenvalue weighted by Crippen LogP contribution is 2.26. The minimum Gasteiger partial charge on any atom is -0.291 e. The average Bonchev–Trinajstić information content (AvgIpc) is 3.62. The number of aromatic amines is 1. The molecule has 0 aliphatic heterocycles. The van der Waals surface area contributed by atoms with Crippen molar-refractivity contribution >= 4 is 0 Å². The summed E-state index contributed by atoms with van der Waals surface area (Å²) in [7, 11) is 0. The first-order chi connectivity index (χ1) is 17.1. The average molecular weight is 472 g/mol. The molecule has 5 aromatic rings. The topological polar surface area (TPSA) is 138 Å². The van der Waals surface area contributed by atoms with Crippen molar-refractivity contribution in [2.75, 3.05) is 0 Å². The van der Waals surface area contributed by atoms with E-state index in [0.717, 1.165) is 40.8 Å². The second-order valence-corrected chi connectivity index (χ2v) is 8.47. The van der Waals surface area contributed by atoms with Gasteiger partial charge in [-0.1, -0.05) is 42.7 Å². The molecule has 35 heavy (non-hydrogen) atoms. The predicted molar refractivity (Wildman–Crippen MR) is 128 cm³/mol. The van der Waals surface area contributed by atoms with Crippen molar-refractivity contribution in [3.63, 3.8) is 0 Å². The van der Waals surface area contributed by atoms with E-state index < -0.39 is 0 Å². The van der Waals surface area contributed by atoms with E-state index >= 15 is 0 Å². The zero-order chi connectivity index (χ0) is 24.4. The lowest BCUT2D eigenvalue weighted by Crippen LogP contribution is -2.27. The van der Waals surface area contributed by atoms with Gasteiger partial charge in [0.15, 0.2) is 0 Å². The summed E-state index contributed by atoms with van der Waals surface area (Å²) >= 11 is 0. The van der Waals surface area contributed by atoms with Crippen molar-refractivity contribution < 1.29 is 0 Å². The first-order valence-corrected chi connectivity index (χ1v) is 11.4. The highest BCUT2D eigenvalue weighted by atomic mass is 16.2. The van der Waals surface area contributed by atoms with Gasteiger partial charge >= 0.3 is 5.69 Å². The molecule has 0 bridgehead atoms. The molecule has 0 radical (unpaired) electrons. The van der Waals surface area contributed by atoms with E-state index in [2.05, 4.69) is 48.1 Å². The fourth-order valence-corrected chi connectivity index (χ4v) is 4.06. The Bertz CT molecular complexity index is 1480. The van der Waals surface area contributed by atoms with Gasteiger partial charge < -0.3 is 0 Å². The molecule has 0 saturated carbocycles. The summed E-state index contributed by atoms with van der Waals surface area (Å²) in [6.07, 6.45) is 7.05. The lowest BCUT2D eigenvalue weighted by molar-refractivity contribution is 0.502. The second-order valence-electron chi connectivity index (χ2n) is 8.47. The van der Waals surface area contributed by atoms with Crippen molar-refractivity contribution in [1.82, 2.24) is 54.9 Å². The van der Waals surface area contributed by atoms with Crippen LogP contribution in [-0.2, 0) is 13.0 Å². The maximum absolute atomic E-state index is 13.5. The third-order valence-electron chi connectivity index (χ3n) is 5.78. The fraction of sp³-hybridized carbons (Fsp3) is 0.304. The van der Waals surface area contributed by atoms with Crippen LogP contribution in [0, 0.1) is 0 Å². The van der Waals surface area contributed by atoms with E-state index in [1.165, 1.54) is 4.57 Å². The van der Waals surface area contributed by atoms with Gasteiger partial charge in [-0.3, -0.25) is 9.55 Å². The van der Waals surface area contributed by atoms with E-state index in [4.69, 9.17) is 0 Å². The Morgan fingerprint density at radius 1 is 1.06 bits per heavy atom. The lowest BCUT2D eigenvalue weighted by atomic mass is 10.00. The Hall–Kier alpha value is -4.48. The third kappa shape index (κ3) is 4.25. The van der Waals surface area contributed by atoms with Crippen LogP contribution in [0.5, 0.6) is 0 Å². The molecule has 0 saturated heterocycles. The van der Waals surface area contributed by atoms with Crippen LogP contribution in [0.4, 0.5) is 0 Å². The summed E-state index contributed by atoms with van der Waals surface area (Å²) in [5.74, 6) is 0.942. The van der Waals surface area contributed by atoms with Gasteiger partial charge in [-0.2, -0.15) is 5.21 Å². The number of nitrogens with one attached hydrogen (secondary N) is 1. The lowest BCUT2D eigenvalue weighted by Gasteiger charge is -2.12. The van der Waals surface area contributed by atoms with Crippen molar-refractivity contribution in [3.8, 4) is 28.5 Å². The van der Waals surface area contributed by atoms with E-state index in [1.807, 2.05) is 50.4 Å². The Morgan fingerprint density at radius 2 is 1.86 bits per heavy atom. The number of nitrogens with zero attached hydrogens (tertiary/aromatic N) is 10. The van der Waals surface area contributed by atoms with E-state index in [0.29, 0.717) is 18.3 Å². The van der Waals surface area contributed by atoms with Gasteiger partial charge in [-0.15, -0.1) is 10.2 Å². The van der Waals surface area contributed by atoms with Gasteiger partial charge in [0.2, 0.25) is 5.82 Å². The van der Waals surface area contributed by atoms with Crippen LogP contribution in [0.1, 0.15) is 44.5 Å². The molecule has 5 rings (SSSR count). The minimum atomic E-state index is -0.188. The largest absolute Gasteiger partial charge is 0.335 e. The van der Waals surface area contributed by atoms with Crippen LogP contribution < -0.4 is 5.69 Å². The quantitative estimate of drug-likeness (QED) is 0.364. The summed E-state index contributed by atoms with van der Waals surface area (Å²) < 4.78 is 4.94. The van der Waals surface area contributed by atoms with Crippen LogP contribution in [-0.4, -0.2) is 54.9 Å². The first-order valence-electron chi connectivity index (χ1n) is 11.4. The van der Waals surface area contributed by atoms with Crippen molar-refractivity contribution in [2.45, 2.75) is 46.2 Å². The highest BCUT2D eigenvalue weighted by Gasteiger charge is 2.19. The number of imidazole rings is 1. The van der Waals surface area contributed by atoms with Gasteiger partial charge in [0.1, 0.15) is 0 Å². The molecule has 0 atom stereocenters. The summed E-state index contributed by atoms with van der Waals surface area (Å²) in [6, 6.07) is 9.87. The number of hydrogen-bond acceptors (Lipinski definition) is 8. The van der Waals surface area contributed by atoms with Crippen LogP contribution in [0.15, 0.2) is 53.7 Å². The molecule has 4 aromatic heterocycles. The van der Waals surface area contributed by atoms with Gasteiger partial charge in [-0.25, -0.2) is 14.0 Å². The number of H-pyrrole nitrogens is 1. The molecule has 0 amide bonds. The van der Waals surface area contributed by atoms with E-state index in [-0.39, 0.29) is 11.7 Å². The summed E-state index contributed by atoms with van der Waals surface area (Å²) in [5, 5.41) is 26.1. The molecular weight excluding hydrogens is 446 g/mol. The molecule has 0 aliphatic carbocycles. The predicted octanol–water partition coefficient (Wildman–Crippen LogP) is 2.45. The summed E-state index contributed by atoms with van der Waals surface area (Å²) in [4.78, 5) is 17.9. The van der Waals surface area contributed by atoms with Gasteiger partial charge in [0, 0.05) is 29.8 Å². The van der Waals surface area contributed by atoms with Crippen LogP contribution in [0.25, 0.3) is 28.5 Å². The Balaban J connectivity index is 1.53. The molecule has 1 aromatic carbocycles. The van der Waals surface area contributed by atoms with Crippen molar-refractivity contribution in [1.29, 1.82) is 0 Å². The van der Waals surface area contributed by atoms with E-state index in [9.17, 15) is 4.79 Å². The fourth-order valence-electron chi connectivity index (χ4n) is 4.06. The Labute approximate surface area is 200 Å². The number of pyridine rings is 1. The van der Waals surface area contributed by atoms with Crippen LogP contribution >= 0.6 is 0 Å². The molecule has 1 N–H and O–H groups in total. The molecule has 178 valence electrons. The molecule has 4 heterocycles. The van der Waals surface area contributed by atoms with Gasteiger partial charge in [-0.05, 0) is 58.7 Å². The Morgan fingerprint density at radius 3 is 2.57 bits per heavy atom. The minimum absolute atomic E-state index is 0.0187. The molecule has 12 heteroatoms. The van der Waals surface area contributed by atoms with Gasteiger partial charge in [0.25, 0.3) is 5.95 Å². The molecule has 12 nitrogen and oxygen atoms in total. The molecule has 0 aliphatic rings. The number of hydrogen-bond donors (Lipinski definition) is 1. The SMILES string of the molecule is CCCc1cn(-c2nnnn2C(C)C)c(=O)n1Cc1cnccc1-c1ccc(-c2nn[nH]n2)cc1. The van der Waals surface area contributed by atoms with E-state index in [1.54, 1.807) is 21.6 Å². The second kappa shape index (κ2) is 9.41. The summed E-state index contributed by atoms with van der Waals surface area (Å²) in [6.45, 7) is 6.41. The zero-order valence-electron chi connectivity index (χ0n) is 19.7. The normalized spacial score (nSPS) is 11.4. The molecule has 0 unspecified atom stereocenters. The number of rotatable bonds is 8. The first kappa shape index (κ1) is 22.3. The number of aromatic nitrogens is 11. The Kier molecular flexibility index (Phi) is 6.00. The number of aryl methyl sites for hydroxylation is 1. The molecule has 0 fully saturated rings. The van der Waals surface area contributed by atoms with Gasteiger partial charge in [0.05, 0.1) is 12.6 Å². The van der Waals surface area contributed by atoms with Crippen LogP contribution in [0.2, 0.25) is 0 Å². The smallest absolute Gasteiger partial charge is 0.291 e. The maximum Gasteiger partial charge on any atom is 0.335 e. The third-order valence-corrected chi connectivity index (χ3v) is 5.78. The van der Waals surface area contributed by atoms with Crippen molar-refractivity contribution in [3.05, 3.63) is 70.7 Å². The number of benzene rings is 1. The van der Waals surface area contributed by atoms with Crippen molar-refractivity contribution in [2.24, 2.45) is 0 Å². The zero-order valence-corrected chi connectivity index (χ0v) is 19.7. The van der Waals surface area contributed by atoms with Crippen LogP contribution in [0.3, 0.4) is 0 Å².